The van der Waals surface area contributed by atoms with Crippen molar-refractivity contribution < 1.29 is 19.1 Å². The lowest BCUT2D eigenvalue weighted by molar-refractivity contribution is -0.141. The zero-order valence-electron chi connectivity index (χ0n) is 44.6. The van der Waals surface area contributed by atoms with Crippen molar-refractivity contribution in [3.8, 4) is 29.3 Å². The van der Waals surface area contributed by atoms with Gasteiger partial charge in [0.2, 0.25) is 0 Å². The highest BCUT2D eigenvalue weighted by Crippen LogP contribution is 2.48. The molecule has 6 aromatic carbocycles. The summed E-state index contributed by atoms with van der Waals surface area (Å²) in [5.74, 6) is -0.400. The number of nitrogens with zero attached hydrogens (tertiary/aromatic N) is 2. The van der Waals surface area contributed by atoms with Crippen LogP contribution >= 0.6 is 45.3 Å². The standard InChI is InChI=1S/C68H60N2O4S4/c1-45-41-63(75-59(45)37-25-49-17-29-55(30-18-49)69(53-13-9-7-10-14-53)57-33-21-51(22-34-57)27-39-65(71)73-5)67-47(3)43-61(77-67)62-44-48(4)68(78-62)64-42-46(2)60(76-64)38-26-50-19-31-56(32-20-50)70(54-15-11-8-12-16-54)58-35-23-52(24-36-58)28-40-66(72)74-6/h7-26,29-38,41-44H,27-28,39-40H2,1-6H3/b37-25+,38-26+. The summed E-state index contributed by atoms with van der Waals surface area (Å²) in [6, 6.07) is 64.5. The molecule has 0 aliphatic carbocycles. The molecule has 0 fully saturated rings. The van der Waals surface area contributed by atoms with Crippen molar-refractivity contribution in [2.24, 2.45) is 0 Å². The molecule has 0 saturated heterocycles. The molecule has 0 unspecified atom stereocenters. The van der Waals surface area contributed by atoms with Crippen molar-refractivity contribution in [2.75, 3.05) is 24.0 Å². The minimum atomic E-state index is -0.200. The van der Waals surface area contributed by atoms with Crippen molar-refractivity contribution in [3.05, 3.63) is 236 Å². The summed E-state index contributed by atoms with van der Waals surface area (Å²) in [4.78, 5) is 38.4. The number of hydrogen-bond acceptors (Lipinski definition) is 10. The number of carbonyl (C=O) groups is 2. The number of thiophene rings is 4. The first-order chi connectivity index (χ1) is 38.0. The fraction of sp³-hybridized carbons (Fsp3) is 0.147. The van der Waals surface area contributed by atoms with Crippen LogP contribution in [-0.4, -0.2) is 26.2 Å². The van der Waals surface area contributed by atoms with E-state index in [-0.39, 0.29) is 11.9 Å². The van der Waals surface area contributed by atoms with Crippen molar-refractivity contribution in [1.82, 2.24) is 0 Å². The summed E-state index contributed by atoms with van der Waals surface area (Å²) in [6.07, 6.45) is 10.9. The van der Waals surface area contributed by atoms with E-state index in [1.165, 1.54) is 75.5 Å². The number of carbonyl (C=O) groups excluding carboxylic acids is 2. The molecule has 10 rings (SSSR count). The van der Waals surface area contributed by atoms with Gasteiger partial charge in [-0.1, -0.05) is 97.1 Å². The first-order valence-electron chi connectivity index (χ1n) is 26.0. The van der Waals surface area contributed by atoms with E-state index >= 15 is 0 Å². The minimum Gasteiger partial charge on any atom is -0.469 e. The van der Waals surface area contributed by atoms with E-state index in [0.29, 0.717) is 25.7 Å². The molecule has 390 valence electrons. The second kappa shape index (κ2) is 24.6. The lowest BCUT2D eigenvalue weighted by atomic mass is 10.1. The van der Waals surface area contributed by atoms with Crippen molar-refractivity contribution >= 4 is 116 Å². The lowest BCUT2D eigenvalue weighted by Crippen LogP contribution is -2.10. The number of methoxy groups -OCH3 is 2. The third-order valence-corrected chi connectivity index (χ3v) is 19.1. The van der Waals surface area contributed by atoms with E-state index < -0.39 is 0 Å². The first-order valence-corrected chi connectivity index (χ1v) is 29.3. The minimum absolute atomic E-state index is 0.200. The molecule has 0 spiro atoms. The molecule has 0 radical (unpaired) electrons. The molecule has 0 aliphatic rings. The average molecular weight is 1100 g/mol. The molecule has 6 nitrogen and oxygen atoms in total. The van der Waals surface area contributed by atoms with Gasteiger partial charge >= 0.3 is 11.9 Å². The molecule has 0 bridgehead atoms. The highest BCUT2D eigenvalue weighted by atomic mass is 32.1. The smallest absolute Gasteiger partial charge is 0.305 e. The predicted octanol–water partition coefficient (Wildman–Crippen LogP) is 19.7. The number of aryl methyl sites for hydroxylation is 6. The highest BCUT2D eigenvalue weighted by molar-refractivity contribution is 7.29. The van der Waals surface area contributed by atoms with Gasteiger partial charge in [-0.25, -0.2) is 0 Å². The SMILES string of the molecule is COC(=O)CCc1ccc(N(c2ccccc2)c2ccc(/C=C/c3sc(-c4sc(-c5cc(C)c(-c6cc(C)c(/C=C/c7ccc(N(c8ccccc8)c8ccc(CCC(=O)OC)cc8)cc7)s6)s5)cc4C)cc3C)cc2)cc1. The van der Waals surface area contributed by atoms with Crippen LogP contribution < -0.4 is 9.80 Å². The molecule has 0 atom stereocenters. The third kappa shape index (κ3) is 12.6. The maximum absolute atomic E-state index is 11.7. The van der Waals surface area contributed by atoms with Crippen molar-refractivity contribution in [3.63, 3.8) is 0 Å². The molecular formula is C68H60N2O4S4. The van der Waals surface area contributed by atoms with E-state index in [0.717, 1.165) is 56.4 Å². The Morgan fingerprint density at radius 1 is 0.385 bits per heavy atom. The number of benzene rings is 6. The Labute approximate surface area is 474 Å². The Hall–Kier alpha value is -7.86. The van der Waals surface area contributed by atoms with Crippen molar-refractivity contribution in [1.29, 1.82) is 0 Å². The molecule has 4 aromatic heterocycles. The largest absolute Gasteiger partial charge is 0.469 e. The predicted molar refractivity (Wildman–Crippen MR) is 334 cm³/mol. The Balaban J connectivity index is 0.805. The summed E-state index contributed by atoms with van der Waals surface area (Å²) in [5, 5.41) is 0. The summed E-state index contributed by atoms with van der Waals surface area (Å²) >= 11 is 7.49. The van der Waals surface area contributed by atoms with Crippen LogP contribution in [0.4, 0.5) is 34.1 Å². The van der Waals surface area contributed by atoms with Gasteiger partial charge in [-0.15, -0.1) is 45.3 Å². The third-order valence-electron chi connectivity index (χ3n) is 13.7. The van der Waals surface area contributed by atoms with Crippen LogP contribution in [0, 0.1) is 27.7 Å². The second-order valence-electron chi connectivity index (χ2n) is 19.2. The van der Waals surface area contributed by atoms with Crippen LogP contribution in [0.3, 0.4) is 0 Å². The number of para-hydroxylation sites is 2. The van der Waals surface area contributed by atoms with Gasteiger partial charge in [-0.2, -0.15) is 0 Å². The van der Waals surface area contributed by atoms with Gasteiger partial charge in [0.15, 0.2) is 0 Å². The maximum Gasteiger partial charge on any atom is 0.305 e. The number of hydrogen-bond donors (Lipinski definition) is 0. The average Bonchev–Trinajstić information content (AvgIpc) is 4.34. The maximum atomic E-state index is 11.7. The van der Waals surface area contributed by atoms with Crippen molar-refractivity contribution in [2.45, 2.75) is 53.4 Å². The summed E-state index contributed by atoms with van der Waals surface area (Å²) in [5.41, 5.74) is 16.0. The van der Waals surface area contributed by atoms with E-state index in [4.69, 9.17) is 9.47 Å². The molecule has 78 heavy (non-hydrogen) atoms. The normalized spacial score (nSPS) is 11.4. The number of rotatable bonds is 19. The molecule has 0 N–H and O–H groups in total. The fourth-order valence-corrected chi connectivity index (χ4v) is 14.3. The van der Waals surface area contributed by atoms with Gasteiger partial charge in [0.1, 0.15) is 0 Å². The molecule has 0 saturated carbocycles. The highest BCUT2D eigenvalue weighted by Gasteiger charge is 2.19. The van der Waals surface area contributed by atoms with Gasteiger partial charge < -0.3 is 19.3 Å². The molecular weight excluding hydrogens is 1040 g/mol. The molecule has 10 aromatic rings. The molecule has 0 amide bonds. The zero-order valence-corrected chi connectivity index (χ0v) is 47.9. The first kappa shape index (κ1) is 53.5. The lowest BCUT2D eigenvalue weighted by Gasteiger charge is -2.25. The zero-order chi connectivity index (χ0) is 54.1. The van der Waals surface area contributed by atoms with Crippen LogP contribution in [0.5, 0.6) is 0 Å². The van der Waals surface area contributed by atoms with Crippen LogP contribution in [-0.2, 0) is 31.9 Å². The summed E-state index contributed by atoms with van der Waals surface area (Å²) in [6.45, 7) is 8.91. The Bertz CT molecular complexity index is 3470. The monoisotopic (exact) mass is 1100 g/mol. The van der Waals surface area contributed by atoms with Crippen LogP contribution in [0.1, 0.15) is 67.1 Å². The van der Waals surface area contributed by atoms with Crippen LogP contribution in [0.15, 0.2) is 182 Å². The van der Waals surface area contributed by atoms with E-state index in [1.54, 1.807) is 0 Å². The van der Waals surface area contributed by atoms with Gasteiger partial charge in [0, 0.05) is 86.0 Å². The summed E-state index contributed by atoms with van der Waals surface area (Å²) < 4.78 is 9.68. The fourth-order valence-electron chi connectivity index (χ4n) is 9.43. The number of esters is 2. The Morgan fingerprint density at radius 3 is 1.05 bits per heavy atom. The number of ether oxygens (including phenoxy) is 2. The van der Waals surface area contributed by atoms with Crippen LogP contribution in [0.25, 0.3) is 53.6 Å². The second-order valence-corrected chi connectivity index (χ2v) is 23.5. The van der Waals surface area contributed by atoms with Gasteiger partial charge in [0.25, 0.3) is 0 Å². The quantitative estimate of drug-likeness (QED) is 0.0752. The van der Waals surface area contributed by atoms with Gasteiger partial charge in [-0.3, -0.25) is 9.59 Å². The van der Waals surface area contributed by atoms with E-state index in [2.05, 4.69) is 232 Å². The van der Waals surface area contributed by atoms with Crippen LogP contribution in [0.2, 0.25) is 0 Å². The van der Waals surface area contributed by atoms with Gasteiger partial charge in [-0.05, 0) is 194 Å². The topological polar surface area (TPSA) is 59.1 Å². The molecule has 0 aliphatic heterocycles. The molecule has 4 heterocycles. The van der Waals surface area contributed by atoms with E-state index in [9.17, 15) is 9.59 Å². The summed E-state index contributed by atoms with van der Waals surface area (Å²) in [7, 11) is 2.86. The van der Waals surface area contributed by atoms with E-state index in [1.807, 2.05) is 57.5 Å². The number of anilines is 6. The van der Waals surface area contributed by atoms with Gasteiger partial charge in [0.05, 0.1) is 14.2 Å². The Kier molecular flexibility index (Phi) is 16.9. The Morgan fingerprint density at radius 2 is 0.705 bits per heavy atom. The molecule has 10 heteroatoms.